The van der Waals surface area contributed by atoms with Gasteiger partial charge in [-0.05, 0) is 5.92 Å². The lowest BCUT2D eigenvalue weighted by molar-refractivity contribution is -0.139. The molecule has 18 heavy (non-hydrogen) atoms. The molecule has 1 aromatic rings. The average Bonchev–Trinajstić information content (AvgIpc) is 2.18. The first-order valence-electron chi connectivity index (χ1n) is 5.90. The molecule has 0 aliphatic rings. The standard InChI is InChI=1S/C13H19ClN2O2/c1-7(2)9(11(17)18)8-6-15-12(13(3,4)5)16-10(8)14/h6-7,9H,1-5H3,(H,17,18)/t9-/m0/s1. The number of halogens is 1. The number of nitrogens with zero attached hydrogens (tertiary/aromatic N) is 2. The SMILES string of the molecule is CC(C)[C@H](C(=O)O)c1cnc(C(C)(C)C)nc1Cl. The molecule has 0 aliphatic carbocycles. The summed E-state index contributed by atoms with van der Waals surface area (Å²) in [7, 11) is 0. The minimum absolute atomic E-state index is 0.0657. The van der Waals surface area contributed by atoms with Crippen LogP contribution >= 0.6 is 11.6 Å². The lowest BCUT2D eigenvalue weighted by atomic mass is 9.90. The van der Waals surface area contributed by atoms with E-state index in [9.17, 15) is 9.90 Å². The van der Waals surface area contributed by atoms with Gasteiger partial charge < -0.3 is 5.11 Å². The molecular formula is C13H19ClN2O2. The number of carbonyl (C=O) groups is 1. The van der Waals surface area contributed by atoms with Crippen LogP contribution in [0.4, 0.5) is 0 Å². The van der Waals surface area contributed by atoms with E-state index in [1.165, 1.54) is 6.20 Å². The second-order valence-corrected chi connectivity index (χ2v) is 6.11. The molecule has 0 aromatic carbocycles. The number of aliphatic carboxylic acids is 1. The fraction of sp³-hybridized carbons (Fsp3) is 0.615. The topological polar surface area (TPSA) is 63.1 Å². The highest BCUT2D eigenvalue weighted by Gasteiger charge is 2.28. The van der Waals surface area contributed by atoms with E-state index in [1.54, 1.807) is 0 Å². The maximum Gasteiger partial charge on any atom is 0.311 e. The molecule has 0 bridgehead atoms. The average molecular weight is 271 g/mol. The number of hydrogen-bond acceptors (Lipinski definition) is 3. The Morgan fingerprint density at radius 1 is 1.39 bits per heavy atom. The predicted molar refractivity (Wildman–Crippen MR) is 71.0 cm³/mol. The van der Waals surface area contributed by atoms with Crippen molar-refractivity contribution in [1.29, 1.82) is 0 Å². The molecule has 1 aromatic heterocycles. The zero-order chi connectivity index (χ0) is 14.1. The molecule has 0 amide bonds. The Morgan fingerprint density at radius 2 is 1.94 bits per heavy atom. The summed E-state index contributed by atoms with van der Waals surface area (Å²) in [5.74, 6) is -1.03. The molecule has 1 atom stereocenters. The summed E-state index contributed by atoms with van der Waals surface area (Å²) >= 11 is 6.10. The normalized spacial score (nSPS) is 13.7. The van der Waals surface area contributed by atoms with Crippen LogP contribution < -0.4 is 0 Å². The van der Waals surface area contributed by atoms with E-state index in [0.29, 0.717) is 11.4 Å². The molecule has 1 rings (SSSR count). The van der Waals surface area contributed by atoms with Crippen LogP contribution in [-0.2, 0) is 10.2 Å². The van der Waals surface area contributed by atoms with Crippen LogP contribution in [0, 0.1) is 5.92 Å². The lowest BCUT2D eigenvalue weighted by Crippen LogP contribution is -2.21. The Kier molecular flexibility index (Phi) is 4.32. The van der Waals surface area contributed by atoms with Crippen molar-refractivity contribution in [1.82, 2.24) is 9.97 Å². The molecule has 5 heteroatoms. The van der Waals surface area contributed by atoms with Crippen molar-refractivity contribution >= 4 is 17.6 Å². The van der Waals surface area contributed by atoms with Crippen LogP contribution in [0.5, 0.6) is 0 Å². The van der Waals surface area contributed by atoms with Gasteiger partial charge in [-0.15, -0.1) is 0 Å². The Morgan fingerprint density at radius 3 is 2.28 bits per heavy atom. The monoisotopic (exact) mass is 270 g/mol. The summed E-state index contributed by atoms with van der Waals surface area (Å²) in [6, 6.07) is 0. The molecule has 0 saturated carbocycles. The van der Waals surface area contributed by atoms with E-state index in [2.05, 4.69) is 9.97 Å². The fourth-order valence-electron chi connectivity index (χ4n) is 1.72. The largest absolute Gasteiger partial charge is 0.481 e. The van der Waals surface area contributed by atoms with Gasteiger partial charge >= 0.3 is 5.97 Å². The zero-order valence-electron chi connectivity index (χ0n) is 11.4. The van der Waals surface area contributed by atoms with Gasteiger partial charge in [0.15, 0.2) is 0 Å². The third kappa shape index (κ3) is 3.19. The number of aromatic nitrogens is 2. The molecule has 4 nitrogen and oxygen atoms in total. The summed E-state index contributed by atoms with van der Waals surface area (Å²) in [5.41, 5.74) is 0.269. The van der Waals surface area contributed by atoms with E-state index in [-0.39, 0.29) is 16.5 Å². The highest BCUT2D eigenvalue weighted by Crippen LogP contribution is 2.30. The Balaban J connectivity index is 3.24. The van der Waals surface area contributed by atoms with Gasteiger partial charge in [-0.3, -0.25) is 4.79 Å². The van der Waals surface area contributed by atoms with Crippen LogP contribution in [0.1, 0.15) is 51.9 Å². The van der Waals surface area contributed by atoms with Crippen molar-refractivity contribution in [3.8, 4) is 0 Å². The van der Waals surface area contributed by atoms with Gasteiger partial charge in [-0.1, -0.05) is 46.2 Å². The number of carboxylic acids is 1. The fourth-order valence-corrected chi connectivity index (χ4v) is 1.96. The molecular weight excluding hydrogens is 252 g/mol. The third-order valence-electron chi connectivity index (χ3n) is 2.71. The van der Waals surface area contributed by atoms with Crippen molar-refractivity contribution in [2.24, 2.45) is 5.92 Å². The number of rotatable bonds is 3. The van der Waals surface area contributed by atoms with E-state index in [4.69, 9.17) is 11.6 Å². The molecule has 0 spiro atoms. The molecule has 1 heterocycles. The van der Waals surface area contributed by atoms with E-state index < -0.39 is 11.9 Å². The molecule has 0 fully saturated rings. The van der Waals surface area contributed by atoms with Crippen molar-refractivity contribution in [3.05, 3.63) is 22.7 Å². The van der Waals surface area contributed by atoms with Crippen molar-refractivity contribution in [2.45, 2.75) is 46.0 Å². The van der Waals surface area contributed by atoms with E-state index in [0.717, 1.165) is 0 Å². The highest BCUT2D eigenvalue weighted by molar-refractivity contribution is 6.30. The Hall–Kier alpha value is -1.16. The molecule has 0 aliphatic heterocycles. The van der Waals surface area contributed by atoms with Crippen LogP contribution in [0.25, 0.3) is 0 Å². The van der Waals surface area contributed by atoms with Gasteiger partial charge in [0.05, 0.1) is 5.92 Å². The number of carboxylic acid groups (broad SMARTS) is 1. The van der Waals surface area contributed by atoms with Crippen molar-refractivity contribution < 1.29 is 9.90 Å². The summed E-state index contributed by atoms with van der Waals surface area (Å²) in [6.07, 6.45) is 1.54. The van der Waals surface area contributed by atoms with Gasteiger partial charge in [0, 0.05) is 17.2 Å². The predicted octanol–water partition coefficient (Wildman–Crippen LogP) is 3.25. The molecule has 0 radical (unpaired) electrons. The van der Waals surface area contributed by atoms with Crippen molar-refractivity contribution in [2.75, 3.05) is 0 Å². The summed E-state index contributed by atoms with van der Waals surface area (Å²) < 4.78 is 0. The molecule has 1 N–H and O–H groups in total. The van der Waals surface area contributed by atoms with Gasteiger partial charge in [0.25, 0.3) is 0 Å². The van der Waals surface area contributed by atoms with E-state index >= 15 is 0 Å². The Bertz CT molecular complexity index is 453. The minimum Gasteiger partial charge on any atom is -0.481 e. The van der Waals surface area contributed by atoms with Crippen LogP contribution in [0.2, 0.25) is 5.15 Å². The first-order chi connectivity index (χ1) is 8.14. The molecule has 100 valence electrons. The van der Waals surface area contributed by atoms with Crippen LogP contribution in [0.15, 0.2) is 6.20 Å². The van der Waals surface area contributed by atoms with Crippen molar-refractivity contribution in [3.63, 3.8) is 0 Å². The molecule has 0 saturated heterocycles. The first kappa shape index (κ1) is 14.9. The highest BCUT2D eigenvalue weighted by atomic mass is 35.5. The Labute approximate surface area is 112 Å². The smallest absolute Gasteiger partial charge is 0.311 e. The van der Waals surface area contributed by atoms with E-state index in [1.807, 2.05) is 34.6 Å². The third-order valence-corrected chi connectivity index (χ3v) is 3.01. The van der Waals surface area contributed by atoms with Crippen LogP contribution in [0.3, 0.4) is 0 Å². The molecule has 0 unspecified atom stereocenters. The number of hydrogen-bond donors (Lipinski definition) is 1. The summed E-state index contributed by atoms with van der Waals surface area (Å²) in [4.78, 5) is 19.7. The quantitative estimate of drug-likeness (QED) is 0.857. The maximum absolute atomic E-state index is 11.3. The second-order valence-electron chi connectivity index (χ2n) is 5.75. The van der Waals surface area contributed by atoms with Gasteiger partial charge in [-0.25, -0.2) is 9.97 Å². The zero-order valence-corrected chi connectivity index (χ0v) is 12.1. The first-order valence-corrected chi connectivity index (χ1v) is 6.28. The minimum atomic E-state index is -0.904. The van der Waals surface area contributed by atoms with Gasteiger partial charge in [0.1, 0.15) is 11.0 Å². The van der Waals surface area contributed by atoms with Gasteiger partial charge in [0.2, 0.25) is 0 Å². The summed E-state index contributed by atoms with van der Waals surface area (Å²) in [5, 5.41) is 9.47. The maximum atomic E-state index is 11.3. The lowest BCUT2D eigenvalue weighted by Gasteiger charge is -2.20. The van der Waals surface area contributed by atoms with Crippen LogP contribution in [-0.4, -0.2) is 21.0 Å². The second kappa shape index (κ2) is 5.22. The summed E-state index contributed by atoms with van der Waals surface area (Å²) in [6.45, 7) is 9.62. The van der Waals surface area contributed by atoms with Gasteiger partial charge in [-0.2, -0.15) is 0 Å².